The monoisotopic (exact) mass is 608 g/mol. The van der Waals surface area contributed by atoms with Crippen molar-refractivity contribution >= 4 is 28.5 Å². The number of aliphatic imine (C=N–C) groups is 1. The summed E-state index contributed by atoms with van der Waals surface area (Å²) in [6.07, 6.45) is 6.91. The highest BCUT2D eigenvalue weighted by molar-refractivity contribution is 6.31. The Bertz CT molecular complexity index is 1590. The molecule has 230 valence electrons. The minimum atomic E-state index is -0.529. The lowest BCUT2D eigenvalue weighted by molar-refractivity contribution is 0.490. The lowest BCUT2D eigenvalue weighted by Gasteiger charge is -2.19. The van der Waals surface area contributed by atoms with Crippen LogP contribution < -0.4 is 28.2 Å². The third-order valence-corrected chi connectivity index (χ3v) is 7.74. The fraction of sp³-hybridized carbons (Fsp3) is 0.406. The number of amidine groups is 1. The van der Waals surface area contributed by atoms with E-state index in [9.17, 15) is 4.79 Å². The van der Waals surface area contributed by atoms with E-state index >= 15 is 4.39 Å². The number of benzene rings is 2. The standard InChI is InChI=1S/C32H42ClFN8O/c1-3-6-28(39-14-5-13-38-20(2)36)22-9-11-25(12-10-22)42-19-23-17-29(40-31(23)41-32(42)43)26-15-21(16-27(33)30(26)34)7-4-8-24(37)18-35/h9-12,15-17,19,24,28,39H,3-8,13-14,18,35,37H2,1-2H3,(H2,36,38)(H,40,41,43). The van der Waals surface area contributed by atoms with Gasteiger partial charge in [-0.05, 0) is 87.0 Å². The van der Waals surface area contributed by atoms with Crippen LogP contribution in [0.2, 0.25) is 5.02 Å². The lowest BCUT2D eigenvalue weighted by atomic mass is 10.0. The zero-order valence-corrected chi connectivity index (χ0v) is 25.6. The van der Waals surface area contributed by atoms with Crippen molar-refractivity contribution in [2.75, 3.05) is 19.6 Å². The van der Waals surface area contributed by atoms with E-state index in [1.807, 2.05) is 24.3 Å². The van der Waals surface area contributed by atoms with E-state index in [1.165, 1.54) is 4.57 Å². The maximum atomic E-state index is 15.1. The van der Waals surface area contributed by atoms with E-state index in [0.717, 1.165) is 49.8 Å². The van der Waals surface area contributed by atoms with Gasteiger partial charge in [-0.25, -0.2) is 9.18 Å². The molecule has 0 aliphatic carbocycles. The SMILES string of the molecule is CCCC(NCCCN=C(C)N)c1ccc(-n2cc3cc(-c4cc(CCCC(N)CN)cc(Cl)c4F)[nH]c3nc2=O)cc1. The highest BCUT2D eigenvalue weighted by Crippen LogP contribution is 2.31. The quantitative estimate of drug-likeness (QED) is 0.0729. The van der Waals surface area contributed by atoms with E-state index < -0.39 is 11.5 Å². The van der Waals surface area contributed by atoms with Gasteiger partial charge in [0.1, 0.15) is 5.65 Å². The molecule has 8 N–H and O–H groups in total. The molecule has 4 rings (SSSR count). The van der Waals surface area contributed by atoms with Gasteiger partial charge in [-0.3, -0.25) is 9.56 Å². The molecule has 0 aliphatic rings. The van der Waals surface area contributed by atoms with Gasteiger partial charge in [0.05, 0.1) is 22.2 Å². The molecule has 0 spiro atoms. The number of nitrogens with two attached hydrogens (primary N) is 3. The Balaban J connectivity index is 1.55. The van der Waals surface area contributed by atoms with Gasteiger partial charge in [0.15, 0.2) is 5.82 Å². The molecule has 0 saturated heterocycles. The number of aromatic nitrogens is 3. The van der Waals surface area contributed by atoms with Crippen LogP contribution in [0.25, 0.3) is 28.0 Å². The zero-order valence-electron chi connectivity index (χ0n) is 24.9. The first-order valence-electron chi connectivity index (χ1n) is 14.9. The highest BCUT2D eigenvalue weighted by atomic mass is 35.5. The summed E-state index contributed by atoms with van der Waals surface area (Å²) >= 11 is 6.26. The summed E-state index contributed by atoms with van der Waals surface area (Å²) in [6, 6.07) is 13.2. The van der Waals surface area contributed by atoms with Crippen molar-refractivity contribution < 1.29 is 4.39 Å². The van der Waals surface area contributed by atoms with Crippen LogP contribution in [-0.2, 0) is 6.42 Å². The molecule has 0 radical (unpaired) electrons. The predicted molar refractivity (Wildman–Crippen MR) is 174 cm³/mol. The maximum absolute atomic E-state index is 15.1. The van der Waals surface area contributed by atoms with Gasteiger partial charge in [0, 0.05) is 42.3 Å². The van der Waals surface area contributed by atoms with Crippen LogP contribution in [-0.4, -0.2) is 46.0 Å². The van der Waals surface area contributed by atoms with Crippen molar-refractivity contribution in [1.29, 1.82) is 0 Å². The van der Waals surface area contributed by atoms with Gasteiger partial charge in [0.2, 0.25) is 0 Å². The first kappa shape index (κ1) is 32.3. The number of nitrogens with zero attached hydrogens (tertiary/aromatic N) is 3. The number of H-pyrrole nitrogens is 1. The van der Waals surface area contributed by atoms with Crippen molar-refractivity contribution in [1.82, 2.24) is 19.9 Å². The molecule has 2 aromatic heterocycles. The molecule has 0 bridgehead atoms. The minimum absolute atomic E-state index is 0.0388. The van der Waals surface area contributed by atoms with Crippen LogP contribution in [0.3, 0.4) is 0 Å². The Morgan fingerprint density at radius 1 is 1.19 bits per heavy atom. The number of nitrogens with one attached hydrogen (secondary N) is 2. The average molecular weight is 609 g/mol. The molecule has 4 aromatic rings. The Labute approximate surface area is 256 Å². The van der Waals surface area contributed by atoms with Gasteiger partial charge < -0.3 is 27.5 Å². The maximum Gasteiger partial charge on any atom is 0.354 e. The smallest absolute Gasteiger partial charge is 0.354 e. The van der Waals surface area contributed by atoms with Gasteiger partial charge in [-0.2, -0.15) is 4.98 Å². The molecular formula is C32H42ClFN8O. The second-order valence-corrected chi connectivity index (χ2v) is 11.4. The van der Waals surface area contributed by atoms with E-state index in [1.54, 1.807) is 31.3 Å². The number of hydrogen-bond donors (Lipinski definition) is 5. The van der Waals surface area contributed by atoms with Crippen LogP contribution in [0.15, 0.2) is 58.4 Å². The molecule has 11 heteroatoms. The fourth-order valence-corrected chi connectivity index (χ4v) is 5.39. The van der Waals surface area contributed by atoms with Crippen molar-refractivity contribution in [3.8, 4) is 16.9 Å². The van der Waals surface area contributed by atoms with E-state index in [-0.39, 0.29) is 17.1 Å². The van der Waals surface area contributed by atoms with Crippen LogP contribution in [0, 0.1) is 5.82 Å². The van der Waals surface area contributed by atoms with Crippen LogP contribution in [0.1, 0.15) is 63.1 Å². The van der Waals surface area contributed by atoms with Gasteiger partial charge >= 0.3 is 5.69 Å². The van der Waals surface area contributed by atoms with Crippen LogP contribution in [0.5, 0.6) is 0 Å². The normalized spacial score (nSPS) is 13.5. The van der Waals surface area contributed by atoms with Crippen molar-refractivity contribution in [3.63, 3.8) is 0 Å². The van der Waals surface area contributed by atoms with Gasteiger partial charge in [-0.15, -0.1) is 0 Å². The van der Waals surface area contributed by atoms with Gasteiger partial charge in [0.25, 0.3) is 0 Å². The second kappa shape index (κ2) is 15.2. The summed E-state index contributed by atoms with van der Waals surface area (Å²) in [5.41, 5.74) is 20.7. The Morgan fingerprint density at radius 2 is 1.95 bits per heavy atom. The minimum Gasteiger partial charge on any atom is -0.388 e. The first-order valence-corrected chi connectivity index (χ1v) is 15.2. The molecule has 2 unspecified atom stereocenters. The molecule has 0 amide bonds. The topological polar surface area (TPSA) is 153 Å². The molecule has 2 aromatic carbocycles. The van der Waals surface area contributed by atoms with Crippen LogP contribution in [0.4, 0.5) is 4.39 Å². The number of rotatable bonds is 15. The van der Waals surface area contributed by atoms with Crippen molar-refractivity contribution in [3.05, 3.63) is 81.1 Å². The van der Waals surface area contributed by atoms with E-state index in [2.05, 4.69) is 27.2 Å². The third-order valence-electron chi connectivity index (χ3n) is 7.47. The summed E-state index contributed by atoms with van der Waals surface area (Å²) in [5, 5.41) is 4.32. The summed E-state index contributed by atoms with van der Waals surface area (Å²) in [5.74, 6) is 0.0693. The summed E-state index contributed by atoms with van der Waals surface area (Å²) in [6.45, 7) is 5.90. The molecule has 0 aliphatic heterocycles. The zero-order chi connectivity index (χ0) is 30.9. The lowest BCUT2D eigenvalue weighted by Crippen LogP contribution is -2.29. The predicted octanol–water partition coefficient (Wildman–Crippen LogP) is 4.98. The summed E-state index contributed by atoms with van der Waals surface area (Å²) < 4.78 is 16.6. The van der Waals surface area contributed by atoms with Crippen molar-refractivity contribution in [2.45, 2.75) is 64.5 Å². The number of halogens is 2. The number of fused-ring (bicyclic) bond motifs is 1. The van der Waals surface area contributed by atoms with Gasteiger partial charge in [-0.1, -0.05) is 37.1 Å². The molecular weight excluding hydrogens is 567 g/mol. The van der Waals surface area contributed by atoms with Crippen LogP contribution >= 0.6 is 11.6 Å². The number of hydrogen-bond acceptors (Lipinski definition) is 6. The highest BCUT2D eigenvalue weighted by Gasteiger charge is 2.16. The number of aryl methyl sites for hydroxylation is 1. The molecule has 43 heavy (non-hydrogen) atoms. The average Bonchev–Trinajstić information content (AvgIpc) is 3.40. The van der Waals surface area contributed by atoms with E-state index in [0.29, 0.717) is 53.3 Å². The molecule has 0 fully saturated rings. The first-order chi connectivity index (χ1) is 20.7. The molecule has 0 saturated carbocycles. The Morgan fingerprint density at radius 3 is 2.65 bits per heavy atom. The third kappa shape index (κ3) is 8.51. The molecule has 2 heterocycles. The molecule has 2 atom stereocenters. The summed E-state index contributed by atoms with van der Waals surface area (Å²) in [7, 11) is 0. The fourth-order valence-electron chi connectivity index (χ4n) is 5.15. The number of aromatic amines is 1. The Hall–Kier alpha value is -3.57. The van der Waals surface area contributed by atoms with Crippen molar-refractivity contribution in [2.24, 2.45) is 22.2 Å². The Kier molecular flexibility index (Phi) is 11.5. The second-order valence-electron chi connectivity index (χ2n) is 11.0. The molecule has 9 nitrogen and oxygen atoms in total. The summed E-state index contributed by atoms with van der Waals surface area (Å²) in [4.78, 5) is 24.6. The largest absolute Gasteiger partial charge is 0.388 e. The van der Waals surface area contributed by atoms with E-state index in [4.69, 9.17) is 28.8 Å².